The van der Waals surface area contributed by atoms with E-state index in [9.17, 15) is 4.79 Å². The molecule has 0 saturated carbocycles. The highest BCUT2D eigenvalue weighted by Crippen LogP contribution is 2.16. The van der Waals surface area contributed by atoms with E-state index in [1.165, 1.54) is 0 Å². The van der Waals surface area contributed by atoms with E-state index in [0.717, 1.165) is 36.5 Å². The van der Waals surface area contributed by atoms with Gasteiger partial charge in [0.05, 0.1) is 5.69 Å². The number of Topliss-reactive ketones (excluding diaryl/α,β-unsaturated/α-hetero) is 1. The van der Waals surface area contributed by atoms with Crippen molar-refractivity contribution in [1.29, 1.82) is 0 Å². The fourth-order valence-electron chi connectivity index (χ4n) is 2.06. The number of imidazole rings is 1. The van der Waals surface area contributed by atoms with E-state index in [1.807, 2.05) is 0 Å². The smallest absolute Gasteiger partial charge is 0.181 e. The van der Waals surface area contributed by atoms with E-state index in [2.05, 4.69) is 44.6 Å². The molecule has 0 aromatic carbocycles. The second-order valence-electron chi connectivity index (χ2n) is 5.87. The standard InChI is InChI=1S/C15H26N2O/c1-6-7-14-16-12(8-10(2)3)15(17-14)13(18)9-11(4)5/h10-11H,6-9H2,1-5H3,(H,16,17). The third-order valence-electron chi connectivity index (χ3n) is 2.79. The molecule has 0 aliphatic heterocycles. The molecule has 1 rings (SSSR count). The monoisotopic (exact) mass is 250 g/mol. The van der Waals surface area contributed by atoms with Gasteiger partial charge in [-0.1, -0.05) is 34.6 Å². The van der Waals surface area contributed by atoms with Crippen molar-refractivity contribution in [2.24, 2.45) is 11.8 Å². The van der Waals surface area contributed by atoms with E-state index in [4.69, 9.17) is 0 Å². The minimum Gasteiger partial charge on any atom is -0.339 e. The predicted octanol–water partition coefficient (Wildman–Crippen LogP) is 3.79. The van der Waals surface area contributed by atoms with E-state index >= 15 is 0 Å². The van der Waals surface area contributed by atoms with Gasteiger partial charge in [0.2, 0.25) is 0 Å². The summed E-state index contributed by atoms with van der Waals surface area (Å²) in [5, 5.41) is 0. The highest BCUT2D eigenvalue weighted by Gasteiger charge is 2.18. The molecule has 102 valence electrons. The highest BCUT2D eigenvalue weighted by atomic mass is 16.1. The minimum atomic E-state index is 0.204. The van der Waals surface area contributed by atoms with Crippen molar-refractivity contribution in [3.8, 4) is 0 Å². The van der Waals surface area contributed by atoms with Crippen molar-refractivity contribution in [2.75, 3.05) is 0 Å². The van der Waals surface area contributed by atoms with Gasteiger partial charge in [-0.3, -0.25) is 4.79 Å². The maximum Gasteiger partial charge on any atom is 0.181 e. The largest absolute Gasteiger partial charge is 0.339 e. The lowest BCUT2D eigenvalue weighted by Gasteiger charge is -2.06. The number of nitrogens with zero attached hydrogens (tertiary/aromatic N) is 1. The predicted molar refractivity (Wildman–Crippen MR) is 74.9 cm³/mol. The van der Waals surface area contributed by atoms with Gasteiger partial charge in [0.1, 0.15) is 11.5 Å². The van der Waals surface area contributed by atoms with E-state index in [0.29, 0.717) is 18.3 Å². The Bertz CT molecular complexity index is 391. The first-order valence-electron chi connectivity index (χ1n) is 7.05. The molecule has 0 aliphatic rings. The van der Waals surface area contributed by atoms with Crippen LogP contribution in [0, 0.1) is 11.8 Å². The van der Waals surface area contributed by atoms with Gasteiger partial charge in [-0.25, -0.2) is 4.98 Å². The average Bonchev–Trinajstić information content (AvgIpc) is 2.59. The van der Waals surface area contributed by atoms with Crippen LogP contribution in [0.4, 0.5) is 0 Å². The number of carbonyl (C=O) groups excluding carboxylic acids is 1. The van der Waals surface area contributed by atoms with Crippen LogP contribution in [0.1, 0.15) is 69.5 Å². The lowest BCUT2D eigenvalue weighted by Crippen LogP contribution is -2.08. The van der Waals surface area contributed by atoms with Gasteiger partial charge in [0.25, 0.3) is 0 Å². The summed E-state index contributed by atoms with van der Waals surface area (Å²) < 4.78 is 0. The molecule has 18 heavy (non-hydrogen) atoms. The lowest BCUT2D eigenvalue weighted by atomic mass is 10.0. The van der Waals surface area contributed by atoms with Crippen LogP contribution in [0.15, 0.2) is 0 Å². The van der Waals surface area contributed by atoms with Crippen LogP contribution in [0.2, 0.25) is 0 Å². The molecule has 1 aromatic heterocycles. The van der Waals surface area contributed by atoms with Gasteiger partial charge < -0.3 is 4.98 Å². The van der Waals surface area contributed by atoms with Crippen LogP contribution < -0.4 is 0 Å². The van der Waals surface area contributed by atoms with Crippen molar-refractivity contribution >= 4 is 5.78 Å². The third-order valence-corrected chi connectivity index (χ3v) is 2.79. The molecular formula is C15H26N2O. The Hall–Kier alpha value is -1.12. The molecule has 0 atom stereocenters. The van der Waals surface area contributed by atoms with Crippen LogP contribution in [-0.2, 0) is 12.8 Å². The number of hydrogen-bond acceptors (Lipinski definition) is 2. The number of nitrogens with one attached hydrogen (secondary N) is 1. The van der Waals surface area contributed by atoms with Gasteiger partial charge in [-0.15, -0.1) is 0 Å². The van der Waals surface area contributed by atoms with E-state index in [-0.39, 0.29) is 5.78 Å². The summed E-state index contributed by atoms with van der Waals surface area (Å²) in [6.07, 6.45) is 3.44. The number of ketones is 1. The normalized spacial score (nSPS) is 11.5. The molecule has 0 fully saturated rings. The van der Waals surface area contributed by atoms with Crippen LogP contribution in [-0.4, -0.2) is 15.8 Å². The quantitative estimate of drug-likeness (QED) is 0.748. The Morgan fingerprint density at radius 1 is 1.22 bits per heavy atom. The first-order valence-corrected chi connectivity index (χ1v) is 7.05. The summed E-state index contributed by atoms with van der Waals surface area (Å²) >= 11 is 0. The summed E-state index contributed by atoms with van der Waals surface area (Å²) in [5.74, 6) is 2.08. The second-order valence-corrected chi connectivity index (χ2v) is 5.87. The van der Waals surface area contributed by atoms with Crippen LogP contribution in [0.25, 0.3) is 0 Å². The maximum absolute atomic E-state index is 12.2. The summed E-state index contributed by atoms with van der Waals surface area (Å²) in [4.78, 5) is 20.0. The molecule has 0 bridgehead atoms. The molecule has 0 spiro atoms. The van der Waals surface area contributed by atoms with Crippen LogP contribution in [0.5, 0.6) is 0 Å². The number of hydrogen-bond donors (Lipinski definition) is 1. The first-order chi connectivity index (χ1) is 8.43. The molecule has 0 aliphatic carbocycles. The van der Waals surface area contributed by atoms with E-state index < -0.39 is 0 Å². The second kappa shape index (κ2) is 6.72. The van der Waals surface area contributed by atoms with Crippen molar-refractivity contribution in [1.82, 2.24) is 9.97 Å². The molecule has 0 unspecified atom stereocenters. The Balaban J connectivity index is 2.95. The minimum absolute atomic E-state index is 0.204. The molecule has 0 saturated heterocycles. The van der Waals surface area contributed by atoms with E-state index in [1.54, 1.807) is 0 Å². The van der Waals surface area contributed by atoms with Crippen LogP contribution >= 0.6 is 0 Å². The lowest BCUT2D eigenvalue weighted by molar-refractivity contribution is 0.0962. The number of aromatic amines is 1. The molecule has 1 N–H and O–H groups in total. The number of rotatable bonds is 7. The topological polar surface area (TPSA) is 45.8 Å². The maximum atomic E-state index is 12.2. The first kappa shape index (κ1) is 14.9. The molecule has 0 radical (unpaired) electrons. The van der Waals surface area contributed by atoms with Gasteiger partial charge >= 0.3 is 0 Å². The Morgan fingerprint density at radius 3 is 2.39 bits per heavy atom. The molecule has 3 heteroatoms. The van der Waals surface area contributed by atoms with Crippen molar-refractivity contribution < 1.29 is 4.79 Å². The fourth-order valence-corrected chi connectivity index (χ4v) is 2.06. The number of aryl methyl sites for hydroxylation is 1. The summed E-state index contributed by atoms with van der Waals surface area (Å²) in [7, 11) is 0. The molecular weight excluding hydrogens is 224 g/mol. The Kier molecular flexibility index (Phi) is 5.57. The summed E-state index contributed by atoms with van der Waals surface area (Å²) in [5.41, 5.74) is 1.71. The number of carbonyl (C=O) groups is 1. The Morgan fingerprint density at radius 2 is 1.89 bits per heavy atom. The summed E-state index contributed by atoms with van der Waals surface area (Å²) in [6.45, 7) is 10.6. The van der Waals surface area contributed by atoms with Gasteiger partial charge in [-0.2, -0.15) is 0 Å². The van der Waals surface area contributed by atoms with Gasteiger partial charge in [0, 0.05) is 12.8 Å². The molecule has 1 aromatic rings. The number of aromatic nitrogens is 2. The van der Waals surface area contributed by atoms with Gasteiger partial charge in [-0.05, 0) is 24.7 Å². The van der Waals surface area contributed by atoms with Gasteiger partial charge in [0.15, 0.2) is 5.78 Å². The zero-order chi connectivity index (χ0) is 13.7. The van der Waals surface area contributed by atoms with Crippen LogP contribution in [0.3, 0.4) is 0 Å². The molecule has 1 heterocycles. The highest BCUT2D eigenvalue weighted by molar-refractivity contribution is 5.95. The SMILES string of the molecule is CCCc1nc(CC(C)C)c(C(=O)CC(C)C)[nH]1. The Labute approximate surface area is 110 Å². The zero-order valence-electron chi connectivity index (χ0n) is 12.3. The molecule has 3 nitrogen and oxygen atoms in total. The zero-order valence-corrected chi connectivity index (χ0v) is 12.3. The average molecular weight is 250 g/mol. The van der Waals surface area contributed by atoms with Crippen molar-refractivity contribution in [3.05, 3.63) is 17.2 Å². The van der Waals surface area contributed by atoms with Crippen molar-refractivity contribution in [2.45, 2.75) is 60.3 Å². The summed E-state index contributed by atoms with van der Waals surface area (Å²) in [6, 6.07) is 0. The third kappa shape index (κ3) is 4.28. The number of H-pyrrole nitrogens is 1. The molecule has 0 amide bonds. The van der Waals surface area contributed by atoms with Crippen molar-refractivity contribution in [3.63, 3.8) is 0 Å². The fraction of sp³-hybridized carbons (Fsp3) is 0.733.